The number of amides is 1. The Morgan fingerprint density at radius 2 is 2.17 bits per heavy atom. The van der Waals surface area contributed by atoms with Crippen molar-refractivity contribution < 1.29 is 9.53 Å². The molecule has 1 aliphatic rings. The van der Waals surface area contributed by atoms with Crippen LogP contribution in [0.1, 0.15) is 45.7 Å². The predicted molar refractivity (Wildman–Crippen MR) is 85.8 cm³/mol. The summed E-state index contributed by atoms with van der Waals surface area (Å²) in [5, 5.41) is 12.2. The highest BCUT2D eigenvalue weighted by Crippen LogP contribution is 2.21. The Kier molecular flexibility index (Phi) is 5.37. The number of nitriles is 1. The van der Waals surface area contributed by atoms with E-state index in [1.54, 1.807) is 4.90 Å². The molecule has 0 aliphatic carbocycles. The number of rotatable bonds is 3. The van der Waals surface area contributed by atoms with E-state index in [0.29, 0.717) is 18.9 Å². The summed E-state index contributed by atoms with van der Waals surface area (Å²) in [6.07, 6.45) is 5.67. The lowest BCUT2D eigenvalue weighted by atomic mass is 10.0. The highest BCUT2D eigenvalue weighted by atomic mass is 16.6. The maximum atomic E-state index is 12.4. The van der Waals surface area contributed by atoms with Crippen molar-refractivity contribution in [1.82, 2.24) is 14.9 Å². The smallest absolute Gasteiger partial charge is 0.410 e. The van der Waals surface area contributed by atoms with Crippen LogP contribution in [-0.2, 0) is 4.74 Å². The Morgan fingerprint density at radius 3 is 2.87 bits per heavy atom. The lowest BCUT2D eigenvalue weighted by Crippen LogP contribution is -2.49. The molecule has 1 saturated heterocycles. The third kappa shape index (κ3) is 4.81. The zero-order chi connectivity index (χ0) is 16.9. The van der Waals surface area contributed by atoms with E-state index in [1.165, 1.54) is 12.4 Å². The molecule has 1 fully saturated rings. The number of nitrogens with zero attached hydrogens (tertiary/aromatic N) is 4. The molecule has 2 heterocycles. The van der Waals surface area contributed by atoms with Gasteiger partial charge in [-0.2, -0.15) is 5.26 Å². The average molecular weight is 317 g/mol. The number of carbonyl (C=O) groups excluding carboxylic acids is 1. The van der Waals surface area contributed by atoms with Crippen molar-refractivity contribution in [2.45, 2.75) is 51.7 Å². The molecule has 23 heavy (non-hydrogen) atoms. The van der Waals surface area contributed by atoms with Crippen LogP contribution >= 0.6 is 0 Å². The van der Waals surface area contributed by atoms with E-state index in [9.17, 15) is 4.79 Å². The summed E-state index contributed by atoms with van der Waals surface area (Å²) < 4.78 is 5.48. The van der Waals surface area contributed by atoms with Gasteiger partial charge in [0, 0.05) is 25.5 Å². The van der Waals surface area contributed by atoms with E-state index in [-0.39, 0.29) is 17.8 Å². The second-order valence-corrected chi connectivity index (χ2v) is 6.57. The van der Waals surface area contributed by atoms with Gasteiger partial charge in [-0.1, -0.05) is 0 Å². The van der Waals surface area contributed by atoms with Gasteiger partial charge in [0.1, 0.15) is 11.7 Å². The minimum Gasteiger partial charge on any atom is -0.444 e. The van der Waals surface area contributed by atoms with Crippen LogP contribution < -0.4 is 5.32 Å². The Balaban J connectivity index is 2.01. The number of anilines is 1. The van der Waals surface area contributed by atoms with Gasteiger partial charge >= 0.3 is 6.09 Å². The third-order valence-electron chi connectivity index (χ3n) is 3.56. The van der Waals surface area contributed by atoms with Crippen molar-refractivity contribution in [3.05, 3.63) is 18.1 Å². The minimum atomic E-state index is -0.509. The van der Waals surface area contributed by atoms with E-state index < -0.39 is 5.60 Å². The fraction of sp³-hybridized carbons (Fsp3) is 0.625. The predicted octanol–water partition coefficient (Wildman–Crippen LogP) is 2.55. The zero-order valence-electron chi connectivity index (χ0n) is 13.9. The molecule has 7 nitrogen and oxygen atoms in total. The number of hydrogen-bond acceptors (Lipinski definition) is 6. The van der Waals surface area contributed by atoms with Crippen LogP contribution in [0.15, 0.2) is 12.4 Å². The number of likely N-dealkylation sites (tertiary alicyclic amines) is 1. The second kappa shape index (κ2) is 7.27. The van der Waals surface area contributed by atoms with Crippen molar-refractivity contribution in [2.75, 3.05) is 18.4 Å². The number of nitrogens with one attached hydrogen (secondary N) is 1. The quantitative estimate of drug-likeness (QED) is 0.921. The van der Waals surface area contributed by atoms with Crippen LogP contribution in [0, 0.1) is 11.3 Å². The highest BCUT2D eigenvalue weighted by molar-refractivity contribution is 5.68. The first-order valence-electron chi connectivity index (χ1n) is 7.85. The van der Waals surface area contributed by atoms with Crippen molar-refractivity contribution in [3.63, 3.8) is 0 Å². The van der Waals surface area contributed by atoms with Gasteiger partial charge in [-0.3, -0.25) is 0 Å². The Labute approximate surface area is 136 Å². The fourth-order valence-electron chi connectivity index (χ4n) is 2.54. The summed E-state index contributed by atoms with van der Waals surface area (Å²) in [6, 6.07) is 2.03. The number of hydrogen-bond donors (Lipinski definition) is 1. The van der Waals surface area contributed by atoms with Crippen LogP contribution in [0.25, 0.3) is 0 Å². The Bertz CT molecular complexity index is 591. The molecular weight excluding hydrogens is 294 g/mol. The Morgan fingerprint density at radius 1 is 1.43 bits per heavy atom. The first-order valence-corrected chi connectivity index (χ1v) is 7.85. The molecule has 0 radical (unpaired) electrons. The molecule has 1 atom stereocenters. The summed E-state index contributed by atoms with van der Waals surface area (Å²) >= 11 is 0. The fourth-order valence-corrected chi connectivity index (χ4v) is 2.54. The summed E-state index contributed by atoms with van der Waals surface area (Å²) in [6.45, 7) is 6.79. The van der Waals surface area contributed by atoms with Gasteiger partial charge in [0.25, 0.3) is 0 Å². The van der Waals surface area contributed by atoms with E-state index >= 15 is 0 Å². The first-order chi connectivity index (χ1) is 10.9. The molecule has 1 aliphatic heterocycles. The highest BCUT2D eigenvalue weighted by Gasteiger charge is 2.30. The third-order valence-corrected chi connectivity index (χ3v) is 3.56. The SMILES string of the molecule is CC(C)(C)OC(=O)N1CCCCC1CNc1nccnc1C#N. The normalized spacial score (nSPS) is 18.2. The number of piperidine rings is 1. The second-order valence-electron chi connectivity index (χ2n) is 6.57. The number of aromatic nitrogens is 2. The number of ether oxygens (including phenoxy) is 1. The number of carbonyl (C=O) groups is 1. The summed E-state index contributed by atoms with van der Waals surface area (Å²) in [4.78, 5) is 22.2. The molecule has 124 valence electrons. The van der Waals surface area contributed by atoms with Crippen molar-refractivity contribution in [3.8, 4) is 6.07 Å². The molecule has 0 saturated carbocycles. The van der Waals surface area contributed by atoms with Gasteiger partial charge in [0.15, 0.2) is 11.5 Å². The van der Waals surface area contributed by atoms with Crippen LogP contribution in [0.3, 0.4) is 0 Å². The van der Waals surface area contributed by atoms with Gasteiger partial charge in [-0.15, -0.1) is 0 Å². The molecule has 1 amide bonds. The van der Waals surface area contributed by atoms with Gasteiger partial charge in [-0.25, -0.2) is 14.8 Å². The summed E-state index contributed by atoms with van der Waals surface area (Å²) in [7, 11) is 0. The van der Waals surface area contributed by atoms with E-state index in [0.717, 1.165) is 19.3 Å². The molecule has 0 bridgehead atoms. The van der Waals surface area contributed by atoms with Crippen molar-refractivity contribution >= 4 is 11.9 Å². The van der Waals surface area contributed by atoms with E-state index in [2.05, 4.69) is 15.3 Å². The van der Waals surface area contributed by atoms with Crippen LogP contribution in [0.2, 0.25) is 0 Å². The molecular formula is C16H23N5O2. The first kappa shape index (κ1) is 17.0. The maximum Gasteiger partial charge on any atom is 0.410 e. The molecule has 0 aromatic carbocycles. The van der Waals surface area contributed by atoms with Crippen LogP contribution in [0.4, 0.5) is 10.6 Å². The molecule has 1 N–H and O–H groups in total. The van der Waals surface area contributed by atoms with Gasteiger partial charge < -0.3 is 15.0 Å². The zero-order valence-corrected chi connectivity index (χ0v) is 13.9. The van der Waals surface area contributed by atoms with Crippen LogP contribution in [0.5, 0.6) is 0 Å². The van der Waals surface area contributed by atoms with E-state index in [4.69, 9.17) is 10.00 Å². The standard InChI is InChI=1S/C16H23N5O2/c1-16(2,3)23-15(22)21-9-5-4-6-12(21)11-20-14-13(10-17)18-7-8-19-14/h7-8,12H,4-6,9,11H2,1-3H3,(H,19,20). The minimum absolute atomic E-state index is 0.0205. The van der Waals surface area contributed by atoms with Crippen LogP contribution in [-0.4, -0.2) is 45.7 Å². The molecule has 2 rings (SSSR count). The summed E-state index contributed by atoms with van der Waals surface area (Å²) in [5.74, 6) is 0.449. The largest absolute Gasteiger partial charge is 0.444 e. The van der Waals surface area contributed by atoms with E-state index in [1.807, 2.05) is 26.8 Å². The topological polar surface area (TPSA) is 91.1 Å². The Hall–Kier alpha value is -2.36. The molecule has 1 unspecified atom stereocenters. The van der Waals surface area contributed by atoms with Gasteiger partial charge in [-0.05, 0) is 40.0 Å². The van der Waals surface area contributed by atoms with Gasteiger partial charge in [0.2, 0.25) is 0 Å². The lowest BCUT2D eigenvalue weighted by Gasteiger charge is -2.36. The average Bonchev–Trinajstić information content (AvgIpc) is 2.51. The molecule has 7 heteroatoms. The molecule has 1 aromatic rings. The monoisotopic (exact) mass is 317 g/mol. The van der Waals surface area contributed by atoms with Gasteiger partial charge in [0.05, 0.1) is 6.04 Å². The van der Waals surface area contributed by atoms with Crippen molar-refractivity contribution in [2.24, 2.45) is 0 Å². The lowest BCUT2D eigenvalue weighted by molar-refractivity contribution is 0.0114. The molecule has 1 aromatic heterocycles. The van der Waals surface area contributed by atoms with Crippen molar-refractivity contribution in [1.29, 1.82) is 5.26 Å². The maximum absolute atomic E-state index is 12.4. The summed E-state index contributed by atoms with van der Waals surface area (Å²) in [5.41, 5.74) is -0.252. The molecule has 0 spiro atoms.